The van der Waals surface area contributed by atoms with Crippen LogP contribution in [0.1, 0.15) is 63.2 Å². The van der Waals surface area contributed by atoms with Crippen LogP contribution in [0.15, 0.2) is 53.6 Å². The van der Waals surface area contributed by atoms with Crippen molar-refractivity contribution in [3.8, 4) is 0 Å². The summed E-state index contributed by atoms with van der Waals surface area (Å²) in [6.45, 7) is 7.42. The van der Waals surface area contributed by atoms with Crippen LogP contribution in [0, 0.1) is 10.8 Å². The monoisotopic (exact) mass is 324 g/mol. The number of hydrogen-bond acceptors (Lipinski definition) is 2. The van der Waals surface area contributed by atoms with Gasteiger partial charge < -0.3 is 4.74 Å². The van der Waals surface area contributed by atoms with Crippen molar-refractivity contribution >= 4 is 5.97 Å². The Labute approximate surface area is 145 Å². The van der Waals surface area contributed by atoms with Crippen molar-refractivity contribution in [3.05, 3.63) is 59.2 Å². The van der Waals surface area contributed by atoms with Crippen molar-refractivity contribution in [3.63, 3.8) is 0 Å². The zero-order valence-electron chi connectivity index (χ0n) is 15.1. The van der Waals surface area contributed by atoms with Gasteiger partial charge in [-0.1, -0.05) is 49.8 Å². The SMILES string of the molecule is CC1=C(/C=C/C2(COC(=O)c3ccccc3)CC2)C(C)(C)CCC1. The van der Waals surface area contributed by atoms with Crippen LogP contribution in [-0.2, 0) is 4.74 Å². The molecule has 2 nitrogen and oxygen atoms in total. The topological polar surface area (TPSA) is 26.3 Å². The van der Waals surface area contributed by atoms with E-state index in [0.717, 1.165) is 12.8 Å². The molecule has 1 aromatic rings. The molecule has 0 atom stereocenters. The second-order valence-electron chi connectivity index (χ2n) is 8.07. The van der Waals surface area contributed by atoms with Crippen LogP contribution in [0.25, 0.3) is 0 Å². The summed E-state index contributed by atoms with van der Waals surface area (Å²) in [5.74, 6) is -0.219. The first-order valence-electron chi connectivity index (χ1n) is 9.04. The fourth-order valence-corrected chi connectivity index (χ4v) is 3.66. The number of allylic oxidation sites excluding steroid dienone is 3. The van der Waals surface area contributed by atoms with Crippen molar-refractivity contribution in [2.75, 3.05) is 6.61 Å². The van der Waals surface area contributed by atoms with Gasteiger partial charge in [0.25, 0.3) is 0 Å². The summed E-state index contributed by atoms with van der Waals surface area (Å²) >= 11 is 0. The Bertz CT molecular complexity index is 660. The normalized spacial score (nSPS) is 21.8. The van der Waals surface area contributed by atoms with E-state index in [1.54, 1.807) is 12.1 Å². The summed E-state index contributed by atoms with van der Waals surface area (Å²) in [5, 5.41) is 0. The first kappa shape index (κ1) is 17.0. The predicted octanol–water partition coefficient (Wildman–Crippen LogP) is 5.71. The molecule has 0 bridgehead atoms. The third-order valence-corrected chi connectivity index (χ3v) is 5.54. The molecule has 1 saturated carbocycles. The number of esters is 1. The Balaban J connectivity index is 1.64. The molecule has 0 aliphatic heterocycles. The molecule has 0 N–H and O–H groups in total. The van der Waals surface area contributed by atoms with Crippen LogP contribution >= 0.6 is 0 Å². The Kier molecular flexibility index (Phi) is 4.67. The van der Waals surface area contributed by atoms with Crippen molar-refractivity contribution in [1.29, 1.82) is 0 Å². The van der Waals surface area contributed by atoms with Crippen LogP contribution in [-0.4, -0.2) is 12.6 Å². The molecule has 3 rings (SSSR count). The van der Waals surface area contributed by atoms with Gasteiger partial charge in [0, 0.05) is 5.41 Å². The average Bonchev–Trinajstić information content (AvgIpc) is 3.33. The standard InChI is InChI=1S/C22H28O2/c1-17-8-7-12-21(2,3)19(17)11-13-22(14-15-22)16-24-20(23)18-9-5-4-6-10-18/h4-6,9-11,13H,7-8,12,14-16H2,1-3H3/b13-11+. The average molecular weight is 324 g/mol. The Morgan fingerprint density at radius 3 is 2.50 bits per heavy atom. The Morgan fingerprint density at radius 1 is 1.17 bits per heavy atom. The van der Waals surface area contributed by atoms with Gasteiger partial charge in [0.1, 0.15) is 6.61 Å². The molecular formula is C22H28O2. The molecule has 0 amide bonds. The zero-order chi connectivity index (χ0) is 17.2. The van der Waals surface area contributed by atoms with Gasteiger partial charge in [0.2, 0.25) is 0 Å². The lowest BCUT2D eigenvalue weighted by atomic mass is 9.72. The predicted molar refractivity (Wildman–Crippen MR) is 97.9 cm³/mol. The summed E-state index contributed by atoms with van der Waals surface area (Å²) < 4.78 is 5.57. The summed E-state index contributed by atoms with van der Waals surface area (Å²) in [6.07, 6.45) is 10.6. The van der Waals surface area contributed by atoms with Crippen LogP contribution in [0.4, 0.5) is 0 Å². The molecule has 2 aliphatic rings. The first-order chi connectivity index (χ1) is 11.4. The second-order valence-corrected chi connectivity index (χ2v) is 8.07. The highest BCUT2D eigenvalue weighted by Gasteiger charge is 2.42. The highest BCUT2D eigenvalue weighted by molar-refractivity contribution is 5.89. The Morgan fingerprint density at radius 2 is 1.88 bits per heavy atom. The number of ether oxygens (including phenoxy) is 1. The van der Waals surface area contributed by atoms with E-state index in [-0.39, 0.29) is 16.8 Å². The second kappa shape index (κ2) is 6.58. The molecule has 128 valence electrons. The first-order valence-corrected chi connectivity index (χ1v) is 9.04. The van der Waals surface area contributed by atoms with Gasteiger partial charge in [-0.25, -0.2) is 4.79 Å². The minimum absolute atomic E-state index is 0.0608. The van der Waals surface area contributed by atoms with Gasteiger partial charge in [-0.2, -0.15) is 0 Å². The molecule has 0 spiro atoms. The van der Waals surface area contributed by atoms with E-state index in [1.165, 1.54) is 30.4 Å². The Hall–Kier alpha value is -1.83. The lowest BCUT2D eigenvalue weighted by molar-refractivity contribution is 0.0449. The summed E-state index contributed by atoms with van der Waals surface area (Å²) in [4.78, 5) is 12.1. The summed E-state index contributed by atoms with van der Waals surface area (Å²) in [7, 11) is 0. The number of carbonyl (C=O) groups excluding carboxylic acids is 1. The molecule has 1 fully saturated rings. The van der Waals surface area contributed by atoms with Crippen molar-refractivity contribution in [2.24, 2.45) is 10.8 Å². The van der Waals surface area contributed by atoms with Crippen LogP contribution in [0.2, 0.25) is 0 Å². The number of rotatable bonds is 5. The fraction of sp³-hybridized carbons (Fsp3) is 0.500. The summed E-state index contributed by atoms with van der Waals surface area (Å²) in [5.41, 5.74) is 3.94. The lowest BCUT2D eigenvalue weighted by Crippen LogP contribution is -2.19. The molecule has 0 heterocycles. The van der Waals surface area contributed by atoms with Gasteiger partial charge in [0.05, 0.1) is 5.56 Å². The lowest BCUT2D eigenvalue weighted by Gasteiger charge is -2.33. The number of hydrogen-bond donors (Lipinski definition) is 0. The van der Waals surface area contributed by atoms with E-state index in [2.05, 4.69) is 32.9 Å². The fourth-order valence-electron chi connectivity index (χ4n) is 3.66. The highest BCUT2D eigenvalue weighted by Crippen LogP contribution is 2.49. The van der Waals surface area contributed by atoms with Gasteiger partial charge in [0.15, 0.2) is 0 Å². The molecule has 2 heteroatoms. The van der Waals surface area contributed by atoms with E-state index in [0.29, 0.717) is 12.2 Å². The quantitative estimate of drug-likeness (QED) is 0.649. The molecule has 24 heavy (non-hydrogen) atoms. The van der Waals surface area contributed by atoms with Gasteiger partial charge >= 0.3 is 5.97 Å². The molecule has 2 aliphatic carbocycles. The van der Waals surface area contributed by atoms with Gasteiger partial charge in [-0.05, 0) is 62.1 Å². The minimum atomic E-state index is -0.219. The van der Waals surface area contributed by atoms with Crippen LogP contribution in [0.5, 0.6) is 0 Å². The highest BCUT2D eigenvalue weighted by atomic mass is 16.5. The molecule has 0 saturated heterocycles. The maximum Gasteiger partial charge on any atom is 0.338 e. The third kappa shape index (κ3) is 3.80. The number of carbonyl (C=O) groups is 1. The maximum atomic E-state index is 12.1. The van der Waals surface area contributed by atoms with Crippen molar-refractivity contribution in [1.82, 2.24) is 0 Å². The van der Waals surface area contributed by atoms with E-state index in [4.69, 9.17) is 4.74 Å². The minimum Gasteiger partial charge on any atom is -0.461 e. The zero-order valence-corrected chi connectivity index (χ0v) is 15.1. The smallest absolute Gasteiger partial charge is 0.338 e. The molecule has 1 aromatic carbocycles. The van der Waals surface area contributed by atoms with Crippen LogP contribution in [0.3, 0.4) is 0 Å². The summed E-state index contributed by atoms with van der Waals surface area (Å²) in [6, 6.07) is 9.24. The maximum absolute atomic E-state index is 12.1. The molecule has 0 unspecified atom stereocenters. The van der Waals surface area contributed by atoms with Crippen LogP contribution < -0.4 is 0 Å². The van der Waals surface area contributed by atoms with Gasteiger partial charge in [-0.15, -0.1) is 0 Å². The van der Waals surface area contributed by atoms with E-state index >= 15 is 0 Å². The third-order valence-electron chi connectivity index (χ3n) is 5.54. The van der Waals surface area contributed by atoms with E-state index < -0.39 is 0 Å². The van der Waals surface area contributed by atoms with E-state index in [1.807, 2.05) is 18.2 Å². The van der Waals surface area contributed by atoms with Gasteiger partial charge in [-0.3, -0.25) is 0 Å². The molecular weight excluding hydrogens is 296 g/mol. The largest absolute Gasteiger partial charge is 0.461 e. The van der Waals surface area contributed by atoms with E-state index in [9.17, 15) is 4.79 Å². The molecule has 0 radical (unpaired) electrons. The molecule has 0 aromatic heterocycles. The number of benzene rings is 1. The van der Waals surface area contributed by atoms with Crippen molar-refractivity contribution in [2.45, 2.75) is 52.9 Å². The van der Waals surface area contributed by atoms with Crippen molar-refractivity contribution < 1.29 is 9.53 Å².